The van der Waals surface area contributed by atoms with Crippen LogP contribution in [0.4, 0.5) is 0 Å². The van der Waals surface area contributed by atoms with Gasteiger partial charge in [-0.15, -0.1) is 0 Å². The Bertz CT molecular complexity index is 113. The quantitative estimate of drug-likeness (QED) is 0.483. The lowest BCUT2D eigenvalue weighted by molar-refractivity contribution is -0.00748. The lowest BCUT2D eigenvalue weighted by Gasteiger charge is -2.23. The van der Waals surface area contributed by atoms with Gasteiger partial charge < -0.3 is 9.84 Å². The molecule has 0 aromatic carbocycles. The van der Waals surface area contributed by atoms with Crippen LogP contribution in [0.2, 0.25) is 6.32 Å². The van der Waals surface area contributed by atoms with Crippen molar-refractivity contribution in [2.45, 2.75) is 51.6 Å². The van der Waals surface area contributed by atoms with E-state index < -0.39 is 0 Å². The zero-order chi connectivity index (χ0) is 9.61. The van der Waals surface area contributed by atoms with E-state index in [1.165, 1.54) is 0 Å². The molecule has 0 aromatic rings. The van der Waals surface area contributed by atoms with Gasteiger partial charge in [0, 0.05) is 6.61 Å². The van der Waals surface area contributed by atoms with E-state index in [9.17, 15) is 0 Å². The predicted octanol–water partition coefficient (Wildman–Crippen LogP) is 1.53. The van der Waals surface area contributed by atoms with Crippen LogP contribution in [-0.4, -0.2) is 31.3 Å². The summed E-state index contributed by atoms with van der Waals surface area (Å²) in [6, 6.07) is 0. The van der Waals surface area contributed by atoms with Crippen LogP contribution < -0.4 is 0 Å². The number of rotatable bonds is 6. The minimum Gasteiger partial charge on any atom is -0.393 e. The molecule has 0 rings (SSSR count). The zero-order valence-electron chi connectivity index (χ0n) is 8.34. The second-order valence-electron chi connectivity index (χ2n) is 3.80. The fourth-order valence-corrected chi connectivity index (χ4v) is 0.786. The molecule has 0 saturated heterocycles. The van der Waals surface area contributed by atoms with Crippen molar-refractivity contribution in [3.63, 3.8) is 0 Å². The van der Waals surface area contributed by atoms with E-state index in [2.05, 4.69) is 0 Å². The van der Waals surface area contributed by atoms with Crippen LogP contribution in [0.25, 0.3) is 0 Å². The summed E-state index contributed by atoms with van der Waals surface area (Å²) in [7, 11) is 5.47. The van der Waals surface area contributed by atoms with E-state index in [0.717, 1.165) is 12.8 Å². The Morgan fingerprint density at radius 2 is 2.08 bits per heavy atom. The fraction of sp³-hybridized carbons (Fsp3) is 1.00. The Balaban J connectivity index is 3.31. The minimum absolute atomic E-state index is 0.224. The normalized spacial score (nSPS) is 14.7. The Kier molecular flexibility index (Phi) is 5.59. The molecular formula is C9H19BO2. The van der Waals surface area contributed by atoms with E-state index >= 15 is 0 Å². The van der Waals surface area contributed by atoms with Crippen LogP contribution in [-0.2, 0) is 4.74 Å². The molecule has 0 aliphatic carbocycles. The first kappa shape index (κ1) is 12.0. The molecule has 2 nitrogen and oxygen atoms in total. The summed E-state index contributed by atoms with van der Waals surface area (Å²) in [6.45, 7) is 6.40. The molecule has 0 aromatic heterocycles. The number of hydrogen-bond donors (Lipinski definition) is 1. The first-order chi connectivity index (χ1) is 5.48. The van der Waals surface area contributed by atoms with Gasteiger partial charge in [-0.1, -0.05) is 6.32 Å². The lowest BCUT2D eigenvalue weighted by atomic mass is 9.90. The van der Waals surface area contributed by atoms with E-state index in [-0.39, 0.29) is 11.7 Å². The molecule has 1 atom stereocenters. The minimum atomic E-state index is -0.227. The third-order valence-electron chi connectivity index (χ3n) is 1.75. The van der Waals surface area contributed by atoms with Crippen molar-refractivity contribution in [2.75, 3.05) is 6.61 Å². The molecule has 0 aliphatic heterocycles. The first-order valence-corrected chi connectivity index (χ1v) is 4.50. The van der Waals surface area contributed by atoms with Gasteiger partial charge in [0.05, 0.1) is 19.6 Å². The smallest absolute Gasteiger partial charge is 0.0691 e. The third kappa shape index (κ3) is 6.68. The fourth-order valence-electron chi connectivity index (χ4n) is 0.786. The standard InChI is InChI=1S/C9H19BO2/c1-8(11)5-4-6-12-9(2,3)7-10/h8,11H,4-7H2,1-3H3. The third-order valence-corrected chi connectivity index (χ3v) is 1.75. The Hall–Kier alpha value is -0.0151. The zero-order valence-corrected chi connectivity index (χ0v) is 8.34. The summed E-state index contributed by atoms with van der Waals surface area (Å²) in [6.07, 6.45) is 1.98. The van der Waals surface area contributed by atoms with Gasteiger partial charge in [0.1, 0.15) is 0 Å². The number of ether oxygens (including phenoxy) is 1. The van der Waals surface area contributed by atoms with Crippen molar-refractivity contribution < 1.29 is 9.84 Å². The van der Waals surface area contributed by atoms with Gasteiger partial charge in [-0.3, -0.25) is 0 Å². The highest BCUT2D eigenvalue weighted by molar-refractivity contribution is 6.09. The van der Waals surface area contributed by atoms with Crippen LogP contribution in [0.1, 0.15) is 33.6 Å². The van der Waals surface area contributed by atoms with Crippen molar-refractivity contribution in [1.29, 1.82) is 0 Å². The van der Waals surface area contributed by atoms with Gasteiger partial charge in [-0.2, -0.15) is 0 Å². The lowest BCUT2D eigenvalue weighted by Crippen LogP contribution is -2.24. The number of aliphatic hydroxyl groups is 1. The molecule has 0 heterocycles. The summed E-state index contributed by atoms with van der Waals surface area (Å²) >= 11 is 0. The molecule has 0 saturated carbocycles. The molecular weight excluding hydrogens is 151 g/mol. The van der Waals surface area contributed by atoms with E-state index in [4.69, 9.17) is 17.7 Å². The Labute approximate surface area is 76.7 Å². The van der Waals surface area contributed by atoms with Gasteiger partial charge in [0.25, 0.3) is 0 Å². The van der Waals surface area contributed by atoms with Crippen LogP contribution in [0.3, 0.4) is 0 Å². The first-order valence-electron chi connectivity index (χ1n) is 4.50. The summed E-state index contributed by atoms with van der Waals surface area (Å²) in [4.78, 5) is 0. The maximum atomic E-state index is 8.96. The Morgan fingerprint density at radius 3 is 2.50 bits per heavy atom. The van der Waals surface area contributed by atoms with Gasteiger partial charge >= 0.3 is 0 Å². The molecule has 0 fully saturated rings. The van der Waals surface area contributed by atoms with Gasteiger partial charge in [-0.05, 0) is 33.6 Å². The van der Waals surface area contributed by atoms with Gasteiger partial charge in [0.15, 0.2) is 0 Å². The summed E-state index contributed by atoms with van der Waals surface area (Å²) in [5, 5.41) is 8.96. The molecule has 0 bridgehead atoms. The molecule has 1 N–H and O–H groups in total. The molecule has 12 heavy (non-hydrogen) atoms. The van der Waals surface area contributed by atoms with Crippen molar-refractivity contribution in [1.82, 2.24) is 0 Å². The average Bonchev–Trinajstić information content (AvgIpc) is 1.98. The van der Waals surface area contributed by atoms with Crippen LogP contribution in [0.5, 0.6) is 0 Å². The molecule has 2 radical (unpaired) electrons. The van der Waals surface area contributed by atoms with E-state index in [1.807, 2.05) is 13.8 Å². The maximum Gasteiger partial charge on any atom is 0.0691 e. The number of aliphatic hydroxyl groups excluding tert-OH is 1. The van der Waals surface area contributed by atoms with E-state index in [0.29, 0.717) is 12.9 Å². The Morgan fingerprint density at radius 1 is 1.50 bits per heavy atom. The van der Waals surface area contributed by atoms with Crippen molar-refractivity contribution in [2.24, 2.45) is 0 Å². The number of hydrogen-bond acceptors (Lipinski definition) is 2. The topological polar surface area (TPSA) is 29.5 Å². The van der Waals surface area contributed by atoms with Crippen molar-refractivity contribution in [3.8, 4) is 0 Å². The highest BCUT2D eigenvalue weighted by atomic mass is 16.5. The highest BCUT2D eigenvalue weighted by Crippen LogP contribution is 2.13. The monoisotopic (exact) mass is 170 g/mol. The molecule has 1 unspecified atom stereocenters. The van der Waals surface area contributed by atoms with Crippen molar-refractivity contribution in [3.05, 3.63) is 0 Å². The second kappa shape index (κ2) is 5.60. The summed E-state index contributed by atoms with van der Waals surface area (Å²) < 4.78 is 5.49. The van der Waals surface area contributed by atoms with Crippen LogP contribution in [0.15, 0.2) is 0 Å². The van der Waals surface area contributed by atoms with Gasteiger partial charge in [-0.25, -0.2) is 0 Å². The van der Waals surface area contributed by atoms with Gasteiger partial charge in [0.2, 0.25) is 0 Å². The molecule has 3 heteroatoms. The summed E-state index contributed by atoms with van der Waals surface area (Å²) in [5.41, 5.74) is -0.224. The molecule has 0 spiro atoms. The summed E-state index contributed by atoms with van der Waals surface area (Å²) in [5.74, 6) is 0. The SMILES string of the molecule is [B]CC(C)(C)OCCCC(C)O. The average molecular weight is 170 g/mol. The maximum absolute atomic E-state index is 8.96. The predicted molar refractivity (Wildman–Crippen MR) is 51.5 cm³/mol. The van der Waals surface area contributed by atoms with Crippen molar-refractivity contribution >= 4 is 7.85 Å². The molecule has 0 amide bonds. The van der Waals surface area contributed by atoms with Crippen LogP contribution >= 0.6 is 0 Å². The second-order valence-corrected chi connectivity index (χ2v) is 3.80. The largest absolute Gasteiger partial charge is 0.393 e. The van der Waals surface area contributed by atoms with E-state index in [1.54, 1.807) is 6.92 Å². The van der Waals surface area contributed by atoms with Crippen LogP contribution in [0, 0.1) is 0 Å². The molecule has 70 valence electrons. The highest BCUT2D eigenvalue weighted by Gasteiger charge is 2.13. The molecule has 0 aliphatic rings.